The molecule has 0 aromatic rings. The molecule has 1 atom stereocenters. The molecular weight excluding hydrogens is 146 g/mol. The van der Waals surface area contributed by atoms with Crippen LogP contribution in [0.3, 0.4) is 0 Å². The molecule has 1 aliphatic rings. The van der Waals surface area contributed by atoms with Crippen molar-refractivity contribution in [3.63, 3.8) is 0 Å². The van der Waals surface area contributed by atoms with Crippen molar-refractivity contribution in [3.8, 4) is 0 Å². The minimum atomic E-state index is 0.480. The molecule has 1 N–H and O–H groups in total. The Hall–Kier alpha value is -0.300. The van der Waals surface area contributed by atoms with Gasteiger partial charge >= 0.3 is 0 Å². The summed E-state index contributed by atoms with van der Waals surface area (Å²) in [6.45, 7) is 5.97. The minimum absolute atomic E-state index is 0.480. The molecule has 0 radical (unpaired) electrons. The van der Waals surface area contributed by atoms with Gasteiger partial charge in [0.2, 0.25) is 0 Å². The van der Waals surface area contributed by atoms with Gasteiger partial charge < -0.3 is 5.32 Å². The predicted octanol–water partition coefficient (Wildman–Crippen LogP) is 2.87. The van der Waals surface area contributed by atoms with Crippen molar-refractivity contribution in [2.45, 2.75) is 57.5 Å². The van der Waals surface area contributed by atoms with Crippen LogP contribution >= 0.6 is 0 Å². The molecule has 70 valence electrons. The third-order valence-corrected chi connectivity index (χ3v) is 2.71. The molecule has 0 heterocycles. The highest BCUT2D eigenvalue weighted by Crippen LogP contribution is 2.17. The maximum absolute atomic E-state index is 3.79. The van der Waals surface area contributed by atoms with Crippen LogP contribution in [0.1, 0.15) is 45.4 Å². The molecular formula is C11H21N. The number of hydrogen-bond donors (Lipinski definition) is 1. The average molecular weight is 167 g/mol. The van der Waals surface area contributed by atoms with Gasteiger partial charge in [-0.2, -0.15) is 0 Å². The van der Waals surface area contributed by atoms with Gasteiger partial charge in [-0.15, -0.1) is 6.58 Å². The van der Waals surface area contributed by atoms with E-state index in [1.807, 2.05) is 6.08 Å². The lowest BCUT2D eigenvalue weighted by molar-refractivity contribution is 0.439. The summed E-state index contributed by atoms with van der Waals surface area (Å²) >= 11 is 0. The molecule has 1 nitrogen and oxygen atoms in total. The summed E-state index contributed by atoms with van der Waals surface area (Å²) in [4.78, 5) is 0. The summed E-state index contributed by atoms with van der Waals surface area (Å²) in [5, 5.41) is 3.59. The van der Waals surface area contributed by atoms with Crippen LogP contribution in [0.4, 0.5) is 0 Å². The molecule has 12 heavy (non-hydrogen) atoms. The highest BCUT2D eigenvalue weighted by Gasteiger charge is 2.12. The lowest BCUT2D eigenvalue weighted by atomic mass is 10.1. The monoisotopic (exact) mass is 167 g/mol. The standard InChI is InChI=1S/C11H21N/c1-3-10(2)12-11-8-6-4-5-7-9-11/h3,10-12H,1,4-9H2,2H3. The highest BCUT2D eigenvalue weighted by atomic mass is 14.9. The van der Waals surface area contributed by atoms with Crippen molar-refractivity contribution < 1.29 is 0 Å². The van der Waals surface area contributed by atoms with Gasteiger partial charge in [0, 0.05) is 12.1 Å². The van der Waals surface area contributed by atoms with Crippen LogP contribution in [0.15, 0.2) is 12.7 Å². The SMILES string of the molecule is C=CC(C)NC1CCCCCC1. The summed E-state index contributed by atoms with van der Waals surface area (Å²) in [6, 6.07) is 1.23. The first-order valence-electron chi connectivity index (χ1n) is 5.21. The third-order valence-electron chi connectivity index (χ3n) is 2.71. The van der Waals surface area contributed by atoms with Crippen LogP contribution in [0.25, 0.3) is 0 Å². The summed E-state index contributed by atoms with van der Waals surface area (Å²) in [5.41, 5.74) is 0. The van der Waals surface area contributed by atoms with E-state index in [0.717, 1.165) is 6.04 Å². The van der Waals surface area contributed by atoms with Crippen molar-refractivity contribution in [2.24, 2.45) is 0 Å². The summed E-state index contributed by atoms with van der Waals surface area (Å²) < 4.78 is 0. The Morgan fingerprint density at radius 3 is 2.33 bits per heavy atom. The van der Waals surface area contributed by atoms with Crippen LogP contribution in [-0.4, -0.2) is 12.1 Å². The summed E-state index contributed by atoms with van der Waals surface area (Å²) in [6.07, 6.45) is 10.4. The Morgan fingerprint density at radius 2 is 1.83 bits per heavy atom. The van der Waals surface area contributed by atoms with E-state index in [9.17, 15) is 0 Å². The second kappa shape index (κ2) is 5.36. The van der Waals surface area contributed by atoms with Crippen LogP contribution < -0.4 is 5.32 Å². The fourth-order valence-corrected chi connectivity index (χ4v) is 1.89. The lowest BCUT2D eigenvalue weighted by Gasteiger charge is -2.19. The second-order valence-corrected chi connectivity index (χ2v) is 3.88. The first-order valence-corrected chi connectivity index (χ1v) is 5.21. The maximum atomic E-state index is 3.79. The maximum Gasteiger partial charge on any atom is 0.0221 e. The van der Waals surface area contributed by atoms with E-state index in [1.165, 1.54) is 38.5 Å². The van der Waals surface area contributed by atoms with E-state index in [2.05, 4.69) is 18.8 Å². The Kier molecular flexibility index (Phi) is 4.37. The van der Waals surface area contributed by atoms with Crippen molar-refractivity contribution in [1.82, 2.24) is 5.32 Å². The van der Waals surface area contributed by atoms with Gasteiger partial charge in [-0.25, -0.2) is 0 Å². The zero-order chi connectivity index (χ0) is 8.81. The Labute approximate surface area is 76.2 Å². The molecule has 1 heteroatoms. The van der Waals surface area contributed by atoms with Gasteiger partial charge in [-0.3, -0.25) is 0 Å². The molecule has 1 rings (SSSR count). The van der Waals surface area contributed by atoms with Crippen molar-refractivity contribution >= 4 is 0 Å². The van der Waals surface area contributed by atoms with Crippen molar-refractivity contribution in [2.75, 3.05) is 0 Å². The van der Waals surface area contributed by atoms with E-state index in [1.54, 1.807) is 0 Å². The molecule has 0 spiro atoms. The molecule has 1 saturated carbocycles. The Morgan fingerprint density at radius 1 is 1.25 bits per heavy atom. The first kappa shape index (κ1) is 9.79. The zero-order valence-electron chi connectivity index (χ0n) is 8.18. The number of nitrogens with one attached hydrogen (secondary N) is 1. The van der Waals surface area contributed by atoms with Gasteiger partial charge in [-0.1, -0.05) is 31.8 Å². The van der Waals surface area contributed by atoms with Crippen LogP contribution in [0, 0.1) is 0 Å². The van der Waals surface area contributed by atoms with Gasteiger partial charge in [0.05, 0.1) is 0 Å². The quantitative estimate of drug-likeness (QED) is 0.503. The van der Waals surface area contributed by atoms with Crippen LogP contribution in [0.2, 0.25) is 0 Å². The summed E-state index contributed by atoms with van der Waals surface area (Å²) in [7, 11) is 0. The van der Waals surface area contributed by atoms with E-state index < -0.39 is 0 Å². The zero-order valence-corrected chi connectivity index (χ0v) is 8.18. The average Bonchev–Trinajstić information content (AvgIpc) is 2.33. The van der Waals surface area contributed by atoms with Crippen LogP contribution in [-0.2, 0) is 0 Å². The van der Waals surface area contributed by atoms with Crippen LogP contribution in [0.5, 0.6) is 0 Å². The molecule has 0 aromatic heterocycles. The van der Waals surface area contributed by atoms with Gasteiger partial charge in [0.15, 0.2) is 0 Å². The van der Waals surface area contributed by atoms with Crippen molar-refractivity contribution in [1.29, 1.82) is 0 Å². The molecule has 0 aliphatic heterocycles. The lowest BCUT2D eigenvalue weighted by Crippen LogP contribution is -2.34. The Bertz CT molecular complexity index is 123. The largest absolute Gasteiger partial charge is 0.308 e. The number of hydrogen-bond acceptors (Lipinski definition) is 1. The fraction of sp³-hybridized carbons (Fsp3) is 0.818. The molecule has 0 bridgehead atoms. The number of rotatable bonds is 3. The highest BCUT2D eigenvalue weighted by molar-refractivity contribution is 4.85. The minimum Gasteiger partial charge on any atom is -0.308 e. The third kappa shape index (κ3) is 3.40. The van der Waals surface area contributed by atoms with E-state index in [-0.39, 0.29) is 0 Å². The molecule has 1 fully saturated rings. The fourth-order valence-electron chi connectivity index (χ4n) is 1.89. The molecule has 0 amide bonds. The first-order chi connectivity index (χ1) is 5.83. The van der Waals surface area contributed by atoms with E-state index in [4.69, 9.17) is 0 Å². The Balaban J connectivity index is 2.24. The molecule has 0 aromatic carbocycles. The van der Waals surface area contributed by atoms with Gasteiger partial charge in [0.1, 0.15) is 0 Å². The smallest absolute Gasteiger partial charge is 0.0221 e. The van der Waals surface area contributed by atoms with E-state index in [0.29, 0.717) is 6.04 Å². The predicted molar refractivity (Wildman–Crippen MR) is 54.3 cm³/mol. The normalized spacial score (nSPS) is 23.1. The van der Waals surface area contributed by atoms with Crippen molar-refractivity contribution in [3.05, 3.63) is 12.7 Å². The second-order valence-electron chi connectivity index (χ2n) is 3.88. The molecule has 0 saturated heterocycles. The van der Waals surface area contributed by atoms with Gasteiger partial charge in [-0.05, 0) is 19.8 Å². The molecule has 1 unspecified atom stereocenters. The summed E-state index contributed by atoms with van der Waals surface area (Å²) in [5.74, 6) is 0. The van der Waals surface area contributed by atoms with E-state index >= 15 is 0 Å². The van der Waals surface area contributed by atoms with Gasteiger partial charge in [0.25, 0.3) is 0 Å². The molecule has 1 aliphatic carbocycles. The topological polar surface area (TPSA) is 12.0 Å².